The van der Waals surface area contributed by atoms with Gasteiger partial charge >= 0.3 is 5.97 Å². The summed E-state index contributed by atoms with van der Waals surface area (Å²) in [5.74, 6) is -0.258. The van der Waals surface area contributed by atoms with Crippen molar-refractivity contribution in [2.45, 2.75) is 65.3 Å². The van der Waals surface area contributed by atoms with Gasteiger partial charge in [0.15, 0.2) is 11.5 Å². The lowest BCUT2D eigenvalue weighted by Gasteiger charge is -2.27. The van der Waals surface area contributed by atoms with E-state index in [9.17, 15) is 14.7 Å². The number of benzene rings is 3. The van der Waals surface area contributed by atoms with Gasteiger partial charge in [0.05, 0.1) is 19.1 Å². The zero-order valence-corrected chi connectivity index (χ0v) is 26.6. The number of rotatable bonds is 12. The van der Waals surface area contributed by atoms with Gasteiger partial charge in [-0.1, -0.05) is 57.0 Å². The summed E-state index contributed by atoms with van der Waals surface area (Å²) in [6.07, 6.45) is 3.43. The van der Waals surface area contributed by atoms with E-state index in [4.69, 9.17) is 25.8 Å². The minimum Gasteiger partial charge on any atom is -0.494 e. The van der Waals surface area contributed by atoms with Crippen LogP contribution in [0.3, 0.4) is 0 Å². The molecule has 9 heteroatoms. The van der Waals surface area contributed by atoms with Crippen LogP contribution in [0.2, 0.25) is 5.02 Å². The molecule has 0 spiro atoms. The Kier molecular flexibility index (Phi) is 10.0. The van der Waals surface area contributed by atoms with Crippen LogP contribution in [0, 0.1) is 12.8 Å². The normalized spacial score (nSPS) is 19.2. The Hall–Kier alpha value is -3.75. The number of carbonyl (C=O) groups excluding carboxylic acids is 1. The number of fused-ring (bicyclic) bond motifs is 1. The van der Waals surface area contributed by atoms with Crippen molar-refractivity contribution in [3.8, 4) is 17.2 Å². The number of likely N-dealkylation sites (tertiary alicyclic amines) is 1. The standard InChI is InChI=1S/C35H41ClN2O6/c1-5-8-15-42-26-11-9-24(10-12-26)33-31(35(40)41)28(27-13-14-29-34(21(27)4)44-20-43-29)18-38(33)19-30(39)37-32-22(6-2)16-25(36)17-23(32)7-3/h9-14,16-17,28,31,33H,5-8,15,18-20H2,1-4H3,(H,37,39)(H,40,41)/t28-,31?,33+/m1/s1. The monoisotopic (exact) mass is 620 g/mol. The van der Waals surface area contributed by atoms with Gasteiger partial charge in [0.2, 0.25) is 12.7 Å². The van der Waals surface area contributed by atoms with E-state index in [2.05, 4.69) is 12.2 Å². The van der Waals surface area contributed by atoms with Gasteiger partial charge in [-0.05, 0) is 84.3 Å². The smallest absolute Gasteiger partial charge is 0.309 e. The molecule has 2 N–H and O–H groups in total. The van der Waals surface area contributed by atoms with Crippen LogP contribution in [0.25, 0.3) is 0 Å². The number of anilines is 1. The van der Waals surface area contributed by atoms with Crippen LogP contribution in [0.5, 0.6) is 17.2 Å². The summed E-state index contributed by atoms with van der Waals surface area (Å²) < 4.78 is 17.2. The van der Waals surface area contributed by atoms with Crippen LogP contribution in [0.4, 0.5) is 5.69 Å². The SMILES string of the molecule is CCCCOc1ccc([C@H]2C(C(=O)O)[C@@H](c3ccc4c(c3C)OCO4)CN2CC(=O)Nc2c(CC)cc(Cl)cc2CC)cc1. The molecule has 1 fully saturated rings. The van der Waals surface area contributed by atoms with Crippen molar-refractivity contribution in [2.75, 3.05) is 31.8 Å². The Labute approximate surface area is 264 Å². The summed E-state index contributed by atoms with van der Waals surface area (Å²) in [6.45, 7) is 9.28. The number of ether oxygens (including phenoxy) is 3. The van der Waals surface area contributed by atoms with Crippen LogP contribution in [0.15, 0.2) is 48.5 Å². The summed E-state index contributed by atoms with van der Waals surface area (Å²) in [6, 6.07) is 14.6. The average Bonchev–Trinajstić information content (AvgIpc) is 3.64. The Morgan fingerprint density at radius 2 is 1.75 bits per heavy atom. The second-order valence-electron chi connectivity index (χ2n) is 11.5. The van der Waals surface area contributed by atoms with Gasteiger partial charge in [-0.15, -0.1) is 0 Å². The number of hydrogen-bond acceptors (Lipinski definition) is 6. The van der Waals surface area contributed by atoms with Crippen LogP contribution in [-0.2, 0) is 22.4 Å². The number of hydrogen-bond donors (Lipinski definition) is 2. The highest BCUT2D eigenvalue weighted by atomic mass is 35.5. The fourth-order valence-corrected chi connectivity index (χ4v) is 6.80. The van der Waals surface area contributed by atoms with Crippen molar-refractivity contribution >= 4 is 29.2 Å². The van der Waals surface area contributed by atoms with Gasteiger partial charge in [-0.25, -0.2) is 0 Å². The summed E-state index contributed by atoms with van der Waals surface area (Å²) in [5, 5.41) is 14.5. The topological polar surface area (TPSA) is 97.3 Å². The average molecular weight is 621 g/mol. The number of nitrogens with zero attached hydrogens (tertiary/aromatic N) is 1. The van der Waals surface area contributed by atoms with E-state index in [-0.39, 0.29) is 25.2 Å². The maximum atomic E-state index is 13.7. The third kappa shape index (κ3) is 6.52. The number of carboxylic acids is 1. The van der Waals surface area contributed by atoms with Crippen molar-refractivity contribution in [1.29, 1.82) is 0 Å². The fraction of sp³-hybridized carbons (Fsp3) is 0.429. The van der Waals surface area contributed by atoms with Crippen LogP contribution in [-0.4, -0.2) is 48.4 Å². The molecule has 0 saturated carbocycles. The number of carbonyl (C=O) groups is 2. The minimum atomic E-state index is -0.914. The summed E-state index contributed by atoms with van der Waals surface area (Å²) in [7, 11) is 0. The first-order chi connectivity index (χ1) is 21.2. The molecule has 0 bridgehead atoms. The maximum Gasteiger partial charge on any atom is 0.309 e. The molecule has 5 rings (SSSR count). The van der Waals surface area contributed by atoms with Gasteiger partial charge in [0.1, 0.15) is 5.75 Å². The lowest BCUT2D eigenvalue weighted by Crippen LogP contribution is -2.35. The molecule has 1 amide bonds. The summed E-state index contributed by atoms with van der Waals surface area (Å²) >= 11 is 6.35. The van der Waals surface area contributed by atoms with Crippen molar-refractivity contribution in [3.63, 3.8) is 0 Å². The van der Waals surface area contributed by atoms with Crippen molar-refractivity contribution < 1.29 is 28.9 Å². The fourth-order valence-electron chi connectivity index (χ4n) is 6.54. The number of carboxylic acid groups (broad SMARTS) is 1. The molecule has 0 aliphatic carbocycles. The van der Waals surface area contributed by atoms with Gasteiger partial charge in [-0.3, -0.25) is 14.5 Å². The Bertz CT molecular complexity index is 1480. The molecule has 2 heterocycles. The maximum absolute atomic E-state index is 13.7. The first kappa shape index (κ1) is 31.7. The number of unbranched alkanes of at least 4 members (excludes halogenated alkanes) is 1. The van der Waals surface area contributed by atoms with Crippen molar-refractivity contribution in [1.82, 2.24) is 4.90 Å². The van der Waals surface area contributed by atoms with E-state index < -0.39 is 17.9 Å². The number of aryl methyl sites for hydroxylation is 2. The zero-order chi connectivity index (χ0) is 31.4. The van der Waals surface area contributed by atoms with Gasteiger partial charge < -0.3 is 24.6 Å². The van der Waals surface area contributed by atoms with Crippen molar-refractivity contribution in [3.05, 3.63) is 81.4 Å². The minimum absolute atomic E-state index is 0.0260. The van der Waals surface area contributed by atoms with E-state index in [1.165, 1.54) is 0 Å². The molecule has 8 nitrogen and oxygen atoms in total. The first-order valence-electron chi connectivity index (χ1n) is 15.4. The largest absolute Gasteiger partial charge is 0.494 e. The third-order valence-corrected chi connectivity index (χ3v) is 8.96. The number of halogens is 1. The Morgan fingerprint density at radius 3 is 2.39 bits per heavy atom. The number of amides is 1. The van der Waals surface area contributed by atoms with Crippen LogP contribution < -0.4 is 19.5 Å². The quantitative estimate of drug-likeness (QED) is 0.207. The molecule has 234 valence electrons. The predicted molar refractivity (Wildman–Crippen MR) is 171 cm³/mol. The molecule has 44 heavy (non-hydrogen) atoms. The molecule has 3 aromatic rings. The number of nitrogens with one attached hydrogen (secondary N) is 1. The summed E-state index contributed by atoms with van der Waals surface area (Å²) in [5.41, 5.74) is 5.29. The van der Waals surface area contributed by atoms with Gasteiger partial charge in [0, 0.05) is 29.2 Å². The second kappa shape index (κ2) is 13.9. The number of aliphatic carboxylic acids is 1. The molecule has 2 aliphatic rings. The van der Waals surface area contributed by atoms with Gasteiger partial charge in [-0.2, -0.15) is 0 Å². The van der Waals surface area contributed by atoms with E-state index >= 15 is 0 Å². The molecule has 1 saturated heterocycles. The Morgan fingerprint density at radius 1 is 1.05 bits per heavy atom. The van der Waals surface area contributed by atoms with Crippen LogP contribution >= 0.6 is 11.6 Å². The van der Waals surface area contributed by atoms with Crippen LogP contribution in [0.1, 0.15) is 73.4 Å². The molecule has 3 aromatic carbocycles. The lowest BCUT2D eigenvalue weighted by atomic mass is 9.81. The molecule has 2 aliphatic heterocycles. The highest BCUT2D eigenvalue weighted by molar-refractivity contribution is 6.30. The van der Waals surface area contributed by atoms with E-state index in [0.29, 0.717) is 29.7 Å². The molecule has 1 unspecified atom stereocenters. The highest BCUT2D eigenvalue weighted by Crippen LogP contribution is 2.49. The molecule has 3 atom stereocenters. The van der Waals surface area contributed by atoms with E-state index in [1.54, 1.807) is 0 Å². The Balaban J connectivity index is 1.49. The van der Waals surface area contributed by atoms with Gasteiger partial charge in [0.25, 0.3) is 0 Å². The molecular formula is C35H41ClN2O6. The second-order valence-corrected chi connectivity index (χ2v) is 11.9. The predicted octanol–water partition coefficient (Wildman–Crippen LogP) is 7.16. The third-order valence-electron chi connectivity index (χ3n) is 8.74. The summed E-state index contributed by atoms with van der Waals surface area (Å²) in [4.78, 5) is 28.8. The first-order valence-corrected chi connectivity index (χ1v) is 15.8. The van der Waals surface area contributed by atoms with E-state index in [0.717, 1.165) is 64.9 Å². The molecular weight excluding hydrogens is 580 g/mol. The molecule has 0 radical (unpaired) electrons. The zero-order valence-electron chi connectivity index (χ0n) is 25.8. The van der Waals surface area contributed by atoms with Crippen molar-refractivity contribution in [2.24, 2.45) is 5.92 Å². The highest BCUT2D eigenvalue weighted by Gasteiger charge is 2.48. The lowest BCUT2D eigenvalue weighted by molar-refractivity contribution is -0.143. The van der Waals surface area contributed by atoms with E-state index in [1.807, 2.05) is 74.2 Å². The molecule has 0 aromatic heterocycles.